The molecule has 122 valence electrons. The Morgan fingerprint density at radius 1 is 1.30 bits per heavy atom. The summed E-state index contributed by atoms with van der Waals surface area (Å²) >= 11 is 7.61. The number of piperidine rings is 1. The number of hydrogen-bond acceptors (Lipinski definition) is 6. The lowest BCUT2D eigenvalue weighted by Crippen LogP contribution is -2.52. The molecule has 3 aliphatic heterocycles. The number of anilines is 1. The number of thiophene rings is 1. The number of ether oxygens (including phenoxy) is 2. The second kappa shape index (κ2) is 5.28. The summed E-state index contributed by atoms with van der Waals surface area (Å²) in [4.78, 5) is 12.5. The molecule has 3 atom stereocenters. The van der Waals surface area contributed by atoms with E-state index in [1.807, 2.05) is 0 Å². The first kappa shape index (κ1) is 14.4. The van der Waals surface area contributed by atoms with Crippen molar-refractivity contribution in [2.24, 2.45) is 0 Å². The highest BCUT2D eigenvalue weighted by Crippen LogP contribution is 2.48. The Labute approximate surface area is 143 Å². The molecule has 3 fully saturated rings. The Balaban J connectivity index is 1.48. The molecule has 0 aliphatic carbocycles. The van der Waals surface area contributed by atoms with Gasteiger partial charge in [0.05, 0.1) is 24.0 Å². The molecule has 0 radical (unpaired) electrons. The van der Waals surface area contributed by atoms with Crippen LogP contribution in [-0.2, 0) is 9.47 Å². The van der Waals surface area contributed by atoms with E-state index in [9.17, 15) is 0 Å². The Morgan fingerprint density at radius 2 is 2.13 bits per heavy atom. The van der Waals surface area contributed by atoms with Crippen LogP contribution < -0.4 is 4.90 Å². The molecule has 0 amide bonds. The molecular weight excluding hydrogens is 334 g/mol. The van der Waals surface area contributed by atoms with E-state index in [-0.39, 0.29) is 6.10 Å². The number of aromatic nitrogens is 2. The van der Waals surface area contributed by atoms with Crippen molar-refractivity contribution in [3.05, 3.63) is 17.8 Å². The first-order valence-corrected chi connectivity index (χ1v) is 9.54. The second-order valence-electron chi connectivity index (χ2n) is 6.65. The highest BCUT2D eigenvalue weighted by molar-refractivity contribution is 7.16. The SMILES string of the molecule is ClCC1COC2(C[C@@H]3CC[C@@H](C2)N3c2ncnc3sccc23)O1. The van der Waals surface area contributed by atoms with Gasteiger partial charge in [-0.15, -0.1) is 22.9 Å². The molecule has 1 unspecified atom stereocenters. The topological polar surface area (TPSA) is 47.5 Å². The lowest BCUT2D eigenvalue weighted by atomic mass is 9.95. The summed E-state index contributed by atoms with van der Waals surface area (Å²) in [5, 5.41) is 3.25. The molecule has 5 rings (SSSR count). The normalized spacial score (nSPS) is 36.4. The van der Waals surface area contributed by atoms with Crippen molar-refractivity contribution in [3.63, 3.8) is 0 Å². The van der Waals surface area contributed by atoms with E-state index in [1.165, 1.54) is 12.8 Å². The van der Waals surface area contributed by atoms with Crippen LogP contribution in [0.3, 0.4) is 0 Å². The number of halogens is 1. The predicted molar refractivity (Wildman–Crippen MR) is 90.2 cm³/mol. The van der Waals surface area contributed by atoms with Crippen molar-refractivity contribution in [3.8, 4) is 0 Å². The average Bonchev–Trinajstić information content (AvgIpc) is 3.25. The maximum atomic E-state index is 6.17. The Morgan fingerprint density at radius 3 is 2.87 bits per heavy atom. The number of nitrogens with zero attached hydrogens (tertiary/aromatic N) is 3. The number of hydrogen-bond donors (Lipinski definition) is 0. The summed E-state index contributed by atoms with van der Waals surface area (Å²) in [5.41, 5.74) is 0. The second-order valence-corrected chi connectivity index (χ2v) is 7.86. The Kier molecular flexibility index (Phi) is 3.30. The standard InChI is InChI=1S/C16H18ClN3O2S/c17-7-12-8-21-16(22-12)5-10-1-2-11(6-16)20(10)14-13-3-4-23-15(13)19-9-18-14/h3-4,9-12H,1-2,5-8H2/t10-,11-,12?/m0/s1. The van der Waals surface area contributed by atoms with Crippen molar-refractivity contribution in [1.29, 1.82) is 0 Å². The minimum Gasteiger partial charge on any atom is -0.350 e. The third-order valence-electron chi connectivity index (χ3n) is 5.28. The van der Waals surface area contributed by atoms with E-state index in [0.717, 1.165) is 28.9 Å². The van der Waals surface area contributed by atoms with Crippen molar-refractivity contribution in [2.45, 2.75) is 49.7 Å². The smallest absolute Gasteiger partial charge is 0.172 e. The lowest BCUT2D eigenvalue weighted by molar-refractivity contribution is -0.185. The number of rotatable bonds is 2. The minimum absolute atomic E-state index is 0.0326. The van der Waals surface area contributed by atoms with Gasteiger partial charge in [-0.3, -0.25) is 0 Å². The third-order valence-corrected chi connectivity index (χ3v) is 6.45. The van der Waals surface area contributed by atoms with Gasteiger partial charge in [-0.1, -0.05) is 0 Å². The molecule has 3 aliphatic rings. The van der Waals surface area contributed by atoms with Gasteiger partial charge in [-0.2, -0.15) is 0 Å². The highest BCUT2D eigenvalue weighted by atomic mass is 35.5. The number of fused-ring (bicyclic) bond motifs is 3. The van der Waals surface area contributed by atoms with Gasteiger partial charge in [0.2, 0.25) is 0 Å². The van der Waals surface area contributed by atoms with Crippen molar-refractivity contribution in [2.75, 3.05) is 17.4 Å². The van der Waals surface area contributed by atoms with Crippen LogP contribution in [0.25, 0.3) is 10.2 Å². The largest absolute Gasteiger partial charge is 0.350 e. The summed E-state index contributed by atoms with van der Waals surface area (Å²) in [5.74, 6) is 1.15. The monoisotopic (exact) mass is 351 g/mol. The van der Waals surface area contributed by atoms with E-state index < -0.39 is 5.79 Å². The minimum atomic E-state index is -0.428. The van der Waals surface area contributed by atoms with Gasteiger partial charge in [0.25, 0.3) is 0 Å². The third kappa shape index (κ3) is 2.19. The van der Waals surface area contributed by atoms with Crippen LogP contribution in [0.5, 0.6) is 0 Å². The van der Waals surface area contributed by atoms with Crippen LogP contribution in [-0.4, -0.2) is 46.4 Å². The summed E-state index contributed by atoms with van der Waals surface area (Å²) in [6.07, 6.45) is 5.84. The van der Waals surface area contributed by atoms with E-state index in [4.69, 9.17) is 21.1 Å². The summed E-state index contributed by atoms with van der Waals surface area (Å²) in [6.45, 7) is 0.616. The van der Waals surface area contributed by atoms with Crippen molar-refractivity contribution >= 4 is 39.0 Å². The fourth-order valence-electron chi connectivity index (χ4n) is 4.40. The first-order chi connectivity index (χ1) is 11.3. The quantitative estimate of drug-likeness (QED) is 0.778. The van der Waals surface area contributed by atoms with Gasteiger partial charge >= 0.3 is 0 Å². The molecule has 2 bridgehead atoms. The maximum absolute atomic E-state index is 6.17. The lowest BCUT2D eigenvalue weighted by Gasteiger charge is -2.44. The molecule has 1 spiro atoms. The molecule has 0 N–H and O–H groups in total. The molecular formula is C16H18ClN3O2S. The maximum Gasteiger partial charge on any atom is 0.172 e. The van der Waals surface area contributed by atoms with E-state index >= 15 is 0 Å². The van der Waals surface area contributed by atoms with Crippen LogP contribution in [0.4, 0.5) is 5.82 Å². The fourth-order valence-corrected chi connectivity index (χ4v) is 5.28. The zero-order valence-electron chi connectivity index (χ0n) is 12.7. The van der Waals surface area contributed by atoms with Gasteiger partial charge in [0, 0.05) is 24.9 Å². The molecule has 0 saturated carbocycles. The molecule has 7 heteroatoms. The Hall–Kier alpha value is -0.950. The van der Waals surface area contributed by atoms with Gasteiger partial charge < -0.3 is 14.4 Å². The molecule has 5 nitrogen and oxygen atoms in total. The molecule has 5 heterocycles. The molecule has 3 saturated heterocycles. The molecule has 2 aromatic heterocycles. The van der Waals surface area contributed by atoms with Crippen molar-refractivity contribution < 1.29 is 9.47 Å². The average molecular weight is 352 g/mol. The van der Waals surface area contributed by atoms with Crippen molar-refractivity contribution in [1.82, 2.24) is 9.97 Å². The first-order valence-electron chi connectivity index (χ1n) is 8.12. The van der Waals surface area contributed by atoms with Gasteiger partial charge in [-0.05, 0) is 24.3 Å². The summed E-state index contributed by atoms with van der Waals surface area (Å²) in [6, 6.07) is 2.97. The molecule has 23 heavy (non-hydrogen) atoms. The van der Waals surface area contributed by atoms with E-state index in [1.54, 1.807) is 17.7 Å². The molecule has 2 aromatic rings. The van der Waals surface area contributed by atoms with Gasteiger partial charge in [0.1, 0.15) is 17.0 Å². The number of alkyl halides is 1. The van der Waals surface area contributed by atoms with Crippen LogP contribution in [0.2, 0.25) is 0 Å². The zero-order valence-corrected chi connectivity index (χ0v) is 14.2. The van der Waals surface area contributed by atoms with Gasteiger partial charge in [-0.25, -0.2) is 9.97 Å². The van der Waals surface area contributed by atoms with Gasteiger partial charge in [0.15, 0.2) is 5.79 Å². The van der Waals surface area contributed by atoms with Crippen LogP contribution in [0.1, 0.15) is 25.7 Å². The summed E-state index contributed by atoms with van der Waals surface area (Å²) < 4.78 is 12.2. The van der Waals surface area contributed by atoms with E-state index in [2.05, 4.69) is 26.3 Å². The zero-order chi connectivity index (χ0) is 15.4. The molecule has 0 aromatic carbocycles. The fraction of sp³-hybridized carbons (Fsp3) is 0.625. The van der Waals surface area contributed by atoms with E-state index in [0.29, 0.717) is 24.6 Å². The van der Waals surface area contributed by atoms with Crippen LogP contribution >= 0.6 is 22.9 Å². The Bertz CT molecular complexity index is 725. The van der Waals surface area contributed by atoms with Crippen LogP contribution in [0.15, 0.2) is 17.8 Å². The predicted octanol–water partition coefficient (Wildman–Crippen LogP) is 3.17. The highest BCUT2D eigenvalue weighted by Gasteiger charge is 2.53. The van der Waals surface area contributed by atoms with Crippen LogP contribution in [0, 0.1) is 0 Å². The summed E-state index contributed by atoms with van der Waals surface area (Å²) in [7, 11) is 0.